The molecular formula is C10H17N3O. The van der Waals surface area contributed by atoms with Gasteiger partial charge in [0.1, 0.15) is 0 Å². The average molecular weight is 195 g/mol. The van der Waals surface area contributed by atoms with E-state index in [0.29, 0.717) is 18.0 Å². The van der Waals surface area contributed by atoms with E-state index in [2.05, 4.69) is 24.3 Å². The standard InChI is InChI=1S/C10H17N3O/c1-5-11-10(14)8-6-12-13(4)9(8)7(2)3/h6-7H,5H2,1-4H3,(H,11,14). The number of aryl methyl sites for hydroxylation is 1. The Hall–Kier alpha value is -1.32. The number of hydrogen-bond donors (Lipinski definition) is 1. The first-order valence-corrected chi connectivity index (χ1v) is 4.88. The van der Waals surface area contributed by atoms with E-state index in [1.54, 1.807) is 10.9 Å². The highest BCUT2D eigenvalue weighted by Crippen LogP contribution is 2.18. The zero-order chi connectivity index (χ0) is 10.7. The van der Waals surface area contributed by atoms with Crippen molar-refractivity contribution < 1.29 is 4.79 Å². The monoisotopic (exact) mass is 195 g/mol. The van der Waals surface area contributed by atoms with Crippen molar-refractivity contribution in [3.05, 3.63) is 17.5 Å². The molecule has 0 aliphatic heterocycles. The molecule has 78 valence electrons. The Bertz CT molecular complexity index is 328. The normalized spacial score (nSPS) is 10.6. The summed E-state index contributed by atoms with van der Waals surface area (Å²) in [6.07, 6.45) is 1.63. The van der Waals surface area contributed by atoms with Crippen molar-refractivity contribution in [3.63, 3.8) is 0 Å². The number of nitrogens with zero attached hydrogens (tertiary/aromatic N) is 2. The Labute approximate surface area is 84.3 Å². The van der Waals surface area contributed by atoms with E-state index in [1.165, 1.54) is 0 Å². The Morgan fingerprint density at radius 1 is 1.64 bits per heavy atom. The minimum Gasteiger partial charge on any atom is -0.352 e. The first-order valence-electron chi connectivity index (χ1n) is 4.88. The van der Waals surface area contributed by atoms with Gasteiger partial charge in [-0.1, -0.05) is 13.8 Å². The van der Waals surface area contributed by atoms with E-state index >= 15 is 0 Å². The predicted octanol–water partition coefficient (Wildman–Crippen LogP) is 1.29. The van der Waals surface area contributed by atoms with Crippen molar-refractivity contribution in [3.8, 4) is 0 Å². The van der Waals surface area contributed by atoms with Crippen LogP contribution >= 0.6 is 0 Å². The van der Waals surface area contributed by atoms with Gasteiger partial charge in [0.05, 0.1) is 17.5 Å². The minimum atomic E-state index is -0.0377. The molecule has 0 radical (unpaired) electrons. The van der Waals surface area contributed by atoms with Gasteiger partial charge in [0.25, 0.3) is 5.91 Å². The summed E-state index contributed by atoms with van der Waals surface area (Å²) in [5.74, 6) is 0.268. The Morgan fingerprint density at radius 2 is 2.29 bits per heavy atom. The Kier molecular flexibility index (Phi) is 3.28. The smallest absolute Gasteiger partial charge is 0.254 e. The van der Waals surface area contributed by atoms with Gasteiger partial charge in [0, 0.05) is 13.6 Å². The van der Waals surface area contributed by atoms with Gasteiger partial charge >= 0.3 is 0 Å². The van der Waals surface area contributed by atoms with Gasteiger partial charge in [0.15, 0.2) is 0 Å². The summed E-state index contributed by atoms with van der Waals surface area (Å²) in [4.78, 5) is 11.6. The second-order valence-corrected chi connectivity index (χ2v) is 3.58. The van der Waals surface area contributed by atoms with Crippen LogP contribution < -0.4 is 5.32 Å². The molecular weight excluding hydrogens is 178 g/mol. The summed E-state index contributed by atoms with van der Waals surface area (Å²) in [6, 6.07) is 0. The second kappa shape index (κ2) is 4.26. The van der Waals surface area contributed by atoms with Gasteiger partial charge in [-0.2, -0.15) is 5.10 Å². The van der Waals surface area contributed by atoms with Gasteiger partial charge in [-0.15, -0.1) is 0 Å². The highest BCUT2D eigenvalue weighted by Gasteiger charge is 2.17. The average Bonchev–Trinajstić information content (AvgIpc) is 2.47. The molecule has 0 spiro atoms. The fourth-order valence-electron chi connectivity index (χ4n) is 1.56. The second-order valence-electron chi connectivity index (χ2n) is 3.58. The lowest BCUT2D eigenvalue weighted by molar-refractivity contribution is 0.0954. The maximum absolute atomic E-state index is 11.6. The number of aromatic nitrogens is 2. The van der Waals surface area contributed by atoms with Crippen molar-refractivity contribution in [2.24, 2.45) is 7.05 Å². The zero-order valence-electron chi connectivity index (χ0n) is 9.16. The highest BCUT2D eigenvalue weighted by molar-refractivity contribution is 5.95. The summed E-state index contributed by atoms with van der Waals surface area (Å²) in [5, 5.41) is 6.88. The van der Waals surface area contributed by atoms with Crippen LogP contribution in [-0.4, -0.2) is 22.2 Å². The van der Waals surface area contributed by atoms with Crippen molar-refractivity contribution >= 4 is 5.91 Å². The molecule has 4 nitrogen and oxygen atoms in total. The van der Waals surface area contributed by atoms with Crippen molar-refractivity contribution in [2.75, 3.05) is 6.54 Å². The van der Waals surface area contributed by atoms with E-state index < -0.39 is 0 Å². The number of hydrogen-bond acceptors (Lipinski definition) is 2. The lowest BCUT2D eigenvalue weighted by Gasteiger charge is -2.08. The molecule has 0 bridgehead atoms. The van der Waals surface area contributed by atoms with Gasteiger partial charge in [-0.3, -0.25) is 9.48 Å². The van der Waals surface area contributed by atoms with Crippen molar-refractivity contribution in [2.45, 2.75) is 26.7 Å². The van der Waals surface area contributed by atoms with Crippen LogP contribution in [0.3, 0.4) is 0 Å². The molecule has 1 aromatic heterocycles. The fraction of sp³-hybridized carbons (Fsp3) is 0.600. The number of amides is 1. The molecule has 0 aliphatic carbocycles. The fourth-order valence-corrected chi connectivity index (χ4v) is 1.56. The Balaban J connectivity index is 3.02. The molecule has 0 unspecified atom stereocenters. The molecule has 1 heterocycles. The van der Waals surface area contributed by atoms with E-state index in [9.17, 15) is 4.79 Å². The molecule has 1 amide bonds. The molecule has 1 rings (SSSR count). The minimum absolute atomic E-state index is 0.0377. The molecule has 0 fully saturated rings. The molecule has 1 N–H and O–H groups in total. The molecule has 0 aromatic carbocycles. The van der Waals surface area contributed by atoms with Crippen LogP contribution in [0.1, 0.15) is 42.7 Å². The van der Waals surface area contributed by atoms with Crippen LogP contribution in [-0.2, 0) is 7.05 Å². The van der Waals surface area contributed by atoms with E-state index in [0.717, 1.165) is 5.69 Å². The van der Waals surface area contributed by atoms with E-state index in [-0.39, 0.29) is 5.91 Å². The molecule has 14 heavy (non-hydrogen) atoms. The third kappa shape index (κ3) is 1.95. The first-order chi connectivity index (χ1) is 6.57. The van der Waals surface area contributed by atoms with Crippen LogP contribution in [0.25, 0.3) is 0 Å². The summed E-state index contributed by atoms with van der Waals surface area (Å²) in [7, 11) is 1.86. The summed E-state index contributed by atoms with van der Waals surface area (Å²) in [6.45, 7) is 6.66. The van der Waals surface area contributed by atoms with Gasteiger partial charge < -0.3 is 5.32 Å². The Morgan fingerprint density at radius 3 is 2.79 bits per heavy atom. The lowest BCUT2D eigenvalue weighted by atomic mass is 10.1. The SMILES string of the molecule is CCNC(=O)c1cnn(C)c1C(C)C. The van der Waals surface area contributed by atoms with Crippen molar-refractivity contribution in [1.29, 1.82) is 0 Å². The molecule has 1 aromatic rings. The summed E-state index contributed by atoms with van der Waals surface area (Å²) in [5.41, 5.74) is 1.67. The lowest BCUT2D eigenvalue weighted by Crippen LogP contribution is -2.24. The highest BCUT2D eigenvalue weighted by atomic mass is 16.1. The largest absolute Gasteiger partial charge is 0.352 e. The maximum atomic E-state index is 11.6. The van der Waals surface area contributed by atoms with Gasteiger partial charge in [-0.25, -0.2) is 0 Å². The van der Waals surface area contributed by atoms with Crippen LogP contribution in [0.4, 0.5) is 0 Å². The van der Waals surface area contributed by atoms with Crippen LogP contribution in [0.5, 0.6) is 0 Å². The number of nitrogens with one attached hydrogen (secondary N) is 1. The topological polar surface area (TPSA) is 46.9 Å². The number of rotatable bonds is 3. The van der Waals surface area contributed by atoms with E-state index in [4.69, 9.17) is 0 Å². The number of carbonyl (C=O) groups excluding carboxylic acids is 1. The quantitative estimate of drug-likeness (QED) is 0.790. The van der Waals surface area contributed by atoms with Crippen LogP contribution in [0, 0.1) is 0 Å². The number of carbonyl (C=O) groups is 1. The molecule has 0 atom stereocenters. The van der Waals surface area contributed by atoms with E-state index in [1.807, 2.05) is 14.0 Å². The molecule has 0 saturated heterocycles. The third-order valence-corrected chi connectivity index (χ3v) is 2.11. The summed E-state index contributed by atoms with van der Waals surface area (Å²) < 4.78 is 1.76. The summed E-state index contributed by atoms with van der Waals surface area (Å²) >= 11 is 0. The zero-order valence-corrected chi connectivity index (χ0v) is 9.16. The van der Waals surface area contributed by atoms with Crippen LogP contribution in [0.2, 0.25) is 0 Å². The maximum Gasteiger partial charge on any atom is 0.254 e. The third-order valence-electron chi connectivity index (χ3n) is 2.11. The molecule has 0 aliphatic rings. The van der Waals surface area contributed by atoms with Gasteiger partial charge in [-0.05, 0) is 12.8 Å². The van der Waals surface area contributed by atoms with Gasteiger partial charge in [0.2, 0.25) is 0 Å². The van der Waals surface area contributed by atoms with Crippen molar-refractivity contribution in [1.82, 2.24) is 15.1 Å². The first kappa shape index (κ1) is 10.8. The molecule has 0 saturated carbocycles. The molecule has 4 heteroatoms. The predicted molar refractivity (Wildman–Crippen MR) is 55.3 cm³/mol. The van der Waals surface area contributed by atoms with Crippen LogP contribution in [0.15, 0.2) is 6.20 Å².